The molecule has 0 heterocycles. The van der Waals surface area contributed by atoms with Crippen molar-refractivity contribution in [1.29, 1.82) is 0 Å². The Hall–Kier alpha value is -3.55. The predicted octanol–water partition coefficient (Wildman–Crippen LogP) is 5.43. The topological polar surface area (TPSA) is 43.4 Å². The summed E-state index contributed by atoms with van der Waals surface area (Å²) >= 11 is 0. The molecule has 0 radical (unpaired) electrons. The maximum atomic E-state index is 13.8. The second-order valence-electron chi connectivity index (χ2n) is 8.43. The normalized spacial score (nSPS) is 11.3. The highest BCUT2D eigenvalue weighted by Gasteiger charge is 2.47. The first-order valence-corrected chi connectivity index (χ1v) is 13.4. The molecule has 0 N–H and O–H groups in total. The zero-order chi connectivity index (χ0) is 24.0. The van der Waals surface area contributed by atoms with Gasteiger partial charge in [-0.1, -0.05) is 66.7 Å². The minimum Gasteiger partial charge on any atom is -0.459 e. The summed E-state index contributed by atoms with van der Waals surface area (Å²) in [6, 6.07) is 37.8. The van der Waals surface area contributed by atoms with Gasteiger partial charge in [-0.3, -0.25) is 4.79 Å². The van der Waals surface area contributed by atoms with Gasteiger partial charge in [0.1, 0.15) is 29.3 Å². The van der Waals surface area contributed by atoms with Gasteiger partial charge in [0.05, 0.1) is 11.7 Å². The fourth-order valence-electron chi connectivity index (χ4n) is 4.15. The summed E-state index contributed by atoms with van der Waals surface area (Å²) in [4.78, 5) is 26.0. The second kappa shape index (κ2) is 10.6. The van der Waals surface area contributed by atoms with Crippen LogP contribution in [0.4, 0.5) is 0 Å². The van der Waals surface area contributed by atoms with E-state index < -0.39 is 7.26 Å². The van der Waals surface area contributed by atoms with Gasteiger partial charge in [-0.15, -0.1) is 0 Å². The molecule has 0 spiro atoms. The number of esters is 1. The first-order chi connectivity index (χ1) is 16.5. The molecule has 0 aromatic heterocycles. The number of rotatable bonds is 8. The monoisotopic (exact) mass is 467 g/mol. The number of ether oxygens (including phenoxy) is 1. The number of benzene rings is 4. The van der Waals surface area contributed by atoms with Gasteiger partial charge in [-0.2, -0.15) is 0 Å². The lowest BCUT2D eigenvalue weighted by atomic mass is 10.1. The van der Waals surface area contributed by atoms with Crippen molar-refractivity contribution in [3.05, 3.63) is 126 Å². The molecule has 0 bridgehead atoms. The van der Waals surface area contributed by atoms with Gasteiger partial charge in [-0.05, 0) is 62.4 Å². The van der Waals surface area contributed by atoms with Crippen molar-refractivity contribution < 1.29 is 14.3 Å². The first-order valence-electron chi connectivity index (χ1n) is 11.4. The number of Topliss-reactive ketones (excluding diaryl/α,β-unsaturated/α-hetero) is 1. The summed E-state index contributed by atoms with van der Waals surface area (Å²) in [6.45, 7) is 3.63. The largest absolute Gasteiger partial charge is 0.459 e. The van der Waals surface area contributed by atoms with E-state index in [2.05, 4.69) is 36.4 Å². The lowest BCUT2D eigenvalue weighted by Gasteiger charge is -2.27. The summed E-state index contributed by atoms with van der Waals surface area (Å²) in [5.41, 5.74) is 1.04. The fraction of sp³-hybridized carbons (Fsp3) is 0.133. The quantitative estimate of drug-likeness (QED) is 0.197. The van der Waals surface area contributed by atoms with Gasteiger partial charge in [0.15, 0.2) is 0 Å². The Morgan fingerprint density at radius 1 is 0.618 bits per heavy atom. The van der Waals surface area contributed by atoms with Crippen LogP contribution in [0.1, 0.15) is 34.6 Å². The lowest BCUT2D eigenvalue weighted by molar-refractivity contribution is 0.0377. The van der Waals surface area contributed by atoms with Gasteiger partial charge in [0, 0.05) is 5.56 Å². The van der Waals surface area contributed by atoms with E-state index in [1.165, 1.54) is 0 Å². The molecule has 34 heavy (non-hydrogen) atoms. The van der Waals surface area contributed by atoms with Crippen LogP contribution in [-0.4, -0.2) is 24.0 Å². The number of hydrogen-bond donors (Lipinski definition) is 0. The fourth-order valence-corrected chi connectivity index (χ4v) is 8.25. The summed E-state index contributed by atoms with van der Waals surface area (Å²) < 4.78 is 5.27. The van der Waals surface area contributed by atoms with Crippen molar-refractivity contribution in [3.8, 4) is 0 Å². The van der Waals surface area contributed by atoms with E-state index >= 15 is 0 Å². The van der Waals surface area contributed by atoms with Crippen LogP contribution in [0.25, 0.3) is 0 Å². The van der Waals surface area contributed by atoms with Crippen LogP contribution in [0.2, 0.25) is 0 Å². The Kier molecular flexibility index (Phi) is 7.35. The van der Waals surface area contributed by atoms with Crippen molar-refractivity contribution in [2.75, 3.05) is 6.16 Å². The van der Waals surface area contributed by atoms with Crippen LogP contribution in [0.5, 0.6) is 0 Å². The summed E-state index contributed by atoms with van der Waals surface area (Å²) in [5.74, 6) is -0.331. The van der Waals surface area contributed by atoms with Crippen molar-refractivity contribution >= 4 is 34.9 Å². The average Bonchev–Trinajstić information content (AvgIpc) is 2.88. The van der Waals surface area contributed by atoms with Gasteiger partial charge < -0.3 is 4.74 Å². The van der Waals surface area contributed by atoms with Crippen LogP contribution in [-0.2, 0) is 4.74 Å². The molecule has 0 unspecified atom stereocenters. The molecule has 0 atom stereocenters. The van der Waals surface area contributed by atoms with Gasteiger partial charge >= 0.3 is 5.97 Å². The van der Waals surface area contributed by atoms with Gasteiger partial charge in [-0.25, -0.2) is 4.79 Å². The summed E-state index contributed by atoms with van der Waals surface area (Å²) in [7, 11) is -2.27. The molecule has 4 aromatic carbocycles. The zero-order valence-corrected chi connectivity index (χ0v) is 20.3. The summed E-state index contributed by atoms with van der Waals surface area (Å²) in [6.07, 6.45) is 0.169. The van der Waals surface area contributed by atoms with Crippen LogP contribution < -0.4 is 15.9 Å². The second-order valence-corrected chi connectivity index (χ2v) is 11.9. The third-order valence-electron chi connectivity index (χ3n) is 5.76. The molecule has 0 aliphatic carbocycles. The SMILES string of the molecule is CC(C)OC(=O)c1ccc(C(=O)C[P+](c2ccccc2)(c2ccccc2)c2ccccc2)cc1. The van der Waals surface area contributed by atoms with E-state index in [0.717, 1.165) is 15.9 Å². The minimum absolute atomic E-state index is 0.0497. The molecule has 4 rings (SSSR count). The maximum Gasteiger partial charge on any atom is 0.338 e. The standard InChI is InChI=1S/C30H28O3P/c1-23(2)33-30(32)25-20-18-24(19-21-25)29(31)22-34(26-12-6-3-7-13-26,27-14-8-4-9-15-27)28-16-10-5-11-17-28/h3-21,23H,22H2,1-2H3/q+1. The van der Waals surface area contributed by atoms with Crippen molar-refractivity contribution in [2.45, 2.75) is 20.0 Å². The number of carbonyl (C=O) groups excluding carboxylic acids is 2. The van der Waals surface area contributed by atoms with Crippen molar-refractivity contribution in [3.63, 3.8) is 0 Å². The highest BCUT2D eigenvalue weighted by molar-refractivity contribution is 7.96. The molecule has 0 amide bonds. The van der Waals surface area contributed by atoms with E-state index in [-0.39, 0.29) is 17.9 Å². The summed E-state index contributed by atoms with van der Waals surface area (Å²) in [5, 5.41) is 3.49. The van der Waals surface area contributed by atoms with E-state index in [9.17, 15) is 9.59 Å². The molecule has 0 saturated heterocycles. The first kappa shape index (κ1) is 23.6. The molecular weight excluding hydrogens is 439 g/mol. The van der Waals surface area contributed by atoms with E-state index in [1.807, 2.05) is 68.4 Å². The molecular formula is C30H28O3P+. The van der Waals surface area contributed by atoms with Crippen molar-refractivity contribution in [2.24, 2.45) is 0 Å². The predicted molar refractivity (Wildman–Crippen MR) is 141 cm³/mol. The lowest BCUT2D eigenvalue weighted by Crippen LogP contribution is -2.35. The number of hydrogen-bond acceptors (Lipinski definition) is 3. The Morgan fingerprint density at radius 3 is 1.38 bits per heavy atom. The van der Waals surface area contributed by atoms with Crippen LogP contribution in [0.15, 0.2) is 115 Å². The third kappa shape index (κ3) is 5.00. The van der Waals surface area contributed by atoms with Crippen LogP contribution in [0, 0.1) is 0 Å². The minimum atomic E-state index is -2.27. The Labute approximate surface area is 201 Å². The average molecular weight is 468 g/mol. The van der Waals surface area contributed by atoms with Gasteiger partial charge in [0.25, 0.3) is 0 Å². The maximum absolute atomic E-state index is 13.8. The number of ketones is 1. The van der Waals surface area contributed by atoms with Crippen LogP contribution >= 0.6 is 7.26 Å². The molecule has 0 aliphatic heterocycles. The highest BCUT2D eigenvalue weighted by atomic mass is 31.2. The van der Waals surface area contributed by atoms with E-state index in [0.29, 0.717) is 17.3 Å². The van der Waals surface area contributed by atoms with E-state index in [4.69, 9.17) is 4.74 Å². The highest BCUT2D eigenvalue weighted by Crippen LogP contribution is 2.55. The number of carbonyl (C=O) groups is 2. The van der Waals surface area contributed by atoms with Crippen molar-refractivity contribution in [1.82, 2.24) is 0 Å². The zero-order valence-electron chi connectivity index (χ0n) is 19.4. The van der Waals surface area contributed by atoms with Crippen LogP contribution in [0.3, 0.4) is 0 Å². The Bertz CT molecular complexity index is 1140. The Balaban J connectivity index is 1.78. The van der Waals surface area contributed by atoms with E-state index in [1.54, 1.807) is 24.3 Å². The third-order valence-corrected chi connectivity index (χ3v) is 10.1. The molecule has 4 heteroatoms. The Morgan fingerprint density at radius 2 is 1.00 bits per heavy atom. The van der Waals surface area contributed by atoms with Gasteiger partial charge in [0.2, 0.25) is 5.78 Å². The smallest absolute Gasteiger partial charge is 0.338 e. The molecule has 3 nitrogen and oxygen atoms in total. The molecule has 170 valence electrons. The molecule has 0 fully saturated rings. The molecule has 0 saturated carbocycles. The molecule has 0 aliphatic rings. The molecule has 4 aromatic rings.